The second-order valence-electron chi connectivity index (χ2n) is 15.9. The zero-order valence-electron chi connectivity index (χ0n) is 37.9. The van der Waals surface area contributed by atoms with Gasteiger partial charge in [-0.3, -0.25) is 10.1 Å². The van der Waals surface area contributed by atoms with Crippen LogP contribution in [-0.2, 0) is 0 Å². The molecule has 6 aromatic carbocycles. The summed E-state index contributed by atoms with van der Waals surface area (Å²) in [6.45, 7) is 5.59. The highest BCUT2D eigenvalue weighted by Crippen LogP contribution is 2.38. The molecule has 0 saturated carbocycles. The first-order valence-corrected chi connectivity index (χ1v) is 22.9. The number of nitro benzene ring substituents is 1. The predicted octanol–water partition coefficient (Wildman–Crippen LogP) is 13.1. The molecule has 0 saturated heterocycles. The Morgan fingerprint density at radius 1 is 0.418 bits per heavy atom. The number of rotatable bonds is 25. The zero-order chi connectivity index (χ0) is 47.4. The lowest BCUT2D eigenvalue weighted by Crippen LogP contribution is -2.11. The number of ether oxygens (including phenoxy) is 6. The van der Waals surface area contributed by atoms with E-state index < -0.39 is 34.5 Å². The van der Waals surface area contributed by atoms with Gasteiger partial charge in [0.2, 0.25) is 5.75 Å². The monoisotopic (exact) mass is 909 g/mol. The van der Waals surface area contributed by atoms with E-state index >= 15 is 0 Å². The standard InChI is InChI=1S/C54H55NO12/c1-3-5-7-9-11-13-35-62-43-25-16-39(17-26-43)51(56)64-45-29-20-41(21-30-45)53(58)66-47-33-15-38-24-34-49(50(55(60)61)48(38)37-47)67-54(59)42-22-31-46(32-23-42)65-52(57)40-18-27-44(28-19-40)63-36-14-12-10-8-6-4-2/h15-34,37H,3-14,35-36H2,1-2H3. The summed E-state index contributed by atoms with van der Waals surface area (Å²) in [5, 5.41) is 12.9. The van der Waals surface area contributed by atoms with E-state index in [0.717, 1.165) is 25.7 Å². The molecule has 0 N–H and O–H groups in total. The molecule has 13 heteroatoms. The van der Waals surface area contributed by atoms with Crippen LogP contribution in [0.2, 0.25) is 0 Å². The van der Waals surface area contributed by atoms with Gasteiger partial charge in [-0.25, -0.2) is 19.2 Å². The molecule has 0 bridgehead atoms. The van der Waals surface area contributed by atoms with Crippen LogP contribution in [0.5, 0.6) is 34.5 Å². The number of hydrogen-bond donors (Lipinski definition) is 0. The highest BCUT2D eigenvalue weighted by atomic mass is 16.6. The molecule has 6 aromatic rings. The van der Waals surface area contributed by atoms with Gasteiger partial charge in [0.1, 0.15) is 28.7 Å². The average molecular weight is 910 g/mol. The van der Waals surface area contributed by atoms with Gasteiger partial charge >= 0.3 is 29.6 Å². The third-order valence-corrected chi connectivity index (χ3v) is 10.8. The van der Waals surface area contributed by atoms with Gasteiger partial charge in [0.05, 0.1) is 45.8 Å². The Morgan fingerprint density at radius 3 is 1.18 bits per heavy atom. The molecule has 0 fully saturated rings. The number of hydrogen-bond acceptors (Lipinski definition) is 12. The summed E-state index contributed by atoms with van der Waals surface area (Å²) in [7, 11) is 0. The molecule has 0 spiro atoms. The van der Waals surface area contributed by atoms with Crippen LogP contribution in [0.3, 0.4) is 0 Å². The van der Waals surface area contributed by atoms with Crippen molar-refractivity contribution in [3.05, 3.63) is 160 Å². The number of nitrogens with zero attached hydrogens (tertiary/aromatic N) is 1. The molecule has 13 nitrogen and oxygen atoms in total. The maximum absolute atomic E-state index is 13.2. The van der Waals surface area contributed by atoms with Crippen molar-refractivity contribution in [1.29, 1.82) is 0 Å². The van der Waals surface area contributed by atoms with Crippen LogP contribution >= 0.6 is 0 Å². The number of nitro groups is 1. The van der Waals surface area contributed by atoms with Crippen molar-refractivity contribution in [1.82, 2.24) is 0 Å². The molecule has 67 heavy (non-hydrogen) atoms. The minimum absolute atomic E-state index is 0.00288. The quantitative estimate of drug-likeness (QED) is 0.0176. The molecule has 0 radical (unpaired) electrons. The van der Waals surface area contributed by atoms with Gasteiger partial charge in [0, 0.05) is 0 Å². The third-order valence-electron chi connectivity index (χ3n) is 10.8. The van der Waals surface area contributed by atoms with Crippen LogP contribution in [0.4, 0.5) is 5.69 Å². The summed E-state index contributed by atoms with van der Waals surface area (Å²) in [6.07, 6.45) is 13.9. The Balaban J connectivity index is 1.00. The average Bonchev–Trinajstić information content (AvgIpc) is 3.34. The molecule has 0 aromatic heterocycles. The number of carbonyl (C=O) groups is 4. The van der Waals surface area contributed by atoms with Crippen molar-refractivity contribution < 1.29 is 52.5 Å². The summed E-state index contributed by atoms with van der Waals surface area (Å²) in [5.41, 5.74) is 0.295. The van der Waals surface area contributed by atoms with E-state index in [1.807, 2.05) is 0 Å². The van der Waals surface area contributed by atoms with Crippen molar-refractivity contribution in [2.45, 2.75) is 90.9 Å². The van der Waals surface area contributed by atoms with E-state index in [9.17, 15) is 29.3 Å². The molecule has 348 valence electrons. The summed E-state index contributed by atoms with van der Waals surface area (Å²) in [6, 6.07) is 31.8. The second-order valence-corrected chi connectivity index (χ2v) is 15.9. The van der Waals surface area contributed by atoms with Crippen molar-refractivity contribution >= 4 is 40.3 Å². The van der Waals surface area contributed by atoms with Crippen LogP contribution in [-0.4, -0.2) is 42.0 Å². The minimum Gasteiger partial charge on any atom is -0.494 e. The number of carbonyl (C=O) groups excluding carboxylic acids is 4. The first-order chi connectivity index (χ1) is 32.6. The Bertz CT molecular complexity index is 2580. The Hall–Kier alpha value is -7.54. The Labute approximate surface area is 390 Å². The van der Waals surface area contributed by atoms with Crippen LogP contribution < -0.4 is 28.4 Å². The molecule has 0 unspecified atom stereocenters. The number of esters is 4. The maximum Gasteiger partial charge on any atom is 0.343 e. The molecule has 0 atom stereocenters. The van der Waals surface area contributed by atoms with E-state index in [2.05, 4.69) is 13.8 Å². The van der Waals surface area contributed by atoms with Gasteiger partial charge in [-0.15, -0.1) is 0 Å². The largest absolute Gasteiger partial charge is 0.494 e. The van der Waals surface area contributed by atoms with Gasteiger partial charge in [0.15, 0.2) is 0 Å². The SMILES string of the molecule is CCCCCCCCOc1ccc(C(=O)Oc2ccc(C(=O)Oc3ccc4ccc(OC(=O)c5ccc(OC(=O)c6ccc(OCCCCCCCC)cc6)cc5)c([N+](=O)[O-])c4c3)cc2)cc1. The maximum atomic E-state index is 13.2. The van der Waals surface area contributed by atoms with Crippen molar-refractivity contribution in [2.24, 2.45) is 0 Å². The van der Waals surface area contributed by atoms with E-state index in [0.29, 0.717) is 41.2 Å². The minimum atomic E-state index is -0.893. The van der Waals surface area contributed by atoms with Crippen molar-refractivity contribution in [2.75, 3.05) is 13.2 Å². The van der Waals surface area contributed by atoms with Crippen LogP contribution in [0, 0.1) is 10.1 Å². The highest BCUT2D eigenvalue weighted by Gasteiger charge is 2.24. The van der Waals surface area contributed by atoms with Crippen molar-refractivity contribution in [3.63, 3.8) is 0 Å². The van der Waals surface area contributed by atoms with E-state index in [4.69, 9.17) is 28.4 Å². The summed E-state index contributed by atoms with van der Waals surface area (Å²) >= 11 is 0. The topological polar surface area (TPSA) is 167 Å². The molecule has 0 aliphatic heterocycles. The number of unbranched alkanes of at least 4 members (excludes halogenated alkanes) is 10. The van der Waals surface area contributed by atoms with E-state index in [-0.39, 0.29) is 39.5 Å². The molecular formula is C54H55NO12. The molecule has 0 heterocycles. The third kappa shape index (κ3) is 14.7. The van der Waals surface area contributed by atoms with Crippen LogP contribution in [0.25, 0.3) is 10.8 Å². The lowest BCUT2D eigenvalue weighted by Gasteiger charge is -2.10. The Morgan fingerprint density at radius 2 is 0.761 bits per heavy atom. The second kappa shape index (κ2) is 25.2. The summed E-state index contributed by atoms with van der Waals surface area (Å²) in [5.74, 6) is -1.49. The summed E-state index contributed by atoms with van der Waals surface area (Å²) in [4.78, 5) is 63.7. The number of benzene rings is 6. The highest BCUT2D eigenvalue weighted by molar-refractivity contribution is 5.99. The van der Waals surface area contributed by atoms with Gasteiger partial charge in [-0.05, 0) is 133 Å². The molecule has 6 rings (SSSR count). The first-order valence-electron chi connectivity index (χ1n) is 22.9. The van der Waals surface area contributed by atoms with Gasteiger partial charge in [-0.1, -0.05) is 90.2 Å². The van der Waals surface area contributed by atoms with Crippen LogP contribution in [0.1, 0.15) is 132 Å². The zero-order valence-corrected chi connectivity index (χ0v) is 37.9. The normalized spacial score (nSPS) is 10.8. The first kappa shape index (κ1) is 48.9. The fraction of sp³-hybridized carbons (Fsp3) is 0.296. The lowest BCUT2D eigenvalue weighted by atomic mass is 10.1. The van der Waals surface area contributed by atoms with E-state index in [1.54, 1.807) is 48.5 Å². The van der Waals surface area contributed by atoms with Gasteiger partial charge in [0.25, 0.3) is 0 Å². The molecular weight excluding hydrogens is 855 g/mol. The van der Waals surface area contributed by atoms with Crippen LogP contribution in [0.15, 0.2) is 127 Å². The lowest BCUT2D eigenvalue weighted by molar-refractivity contribution is -0.383. The van der Waals surface area contributed by atoms with Gasteiger partial charge in [-0.2, -0.15) is 0 Å². The van der Waals surface area contributed by atoms with E-state index in [1.165, 1.54) is 130 Å². The summed E-state index contributed by atoms with van der Waals surface area (Å²) < 4.78 is 33.6. The molecule has 0 aliphatic carbocycles. The molecule has 0 aliphatic rings. The fourth-order valence-electron chi connectivity index (χ4n) is 7.09. The number of fused-ring (bicyclic) bond motifs is 1. The van der Waals surface area contributed by atoms with Crippen molar-refractivity contribution in [3.8, 4) is 34.5 Å². The predicted molar refractivity (Wildman–Crippen MR) is 254 cm³/mol. The van der Waals surface area contributed by atoms with Gasteiger partial charge < -0.3 is 28.4 Å². The fourth-order valence-corrected chi connectivity index (χ4v) is 7.09. The molecule has 0 amide bonds. The Kier molecular flexibility index (Phi) is 18.4. The smallest absolute Gasteiger partial charge is 0.343 e.